The lowest BCUT2D eigenvalue weighted by atomic mass is 9.92. The van der Waals surface area contributed by atoms with Gasteiger partial charge in [0.05, 0.1) is 14.2 Å². The number of amides is 1. The SMILES string of the molecule is COc1cccc(OC)c1OC1CCN(C(=O)C2CC=CCC2)CC1. The van der Waals surface area contributed by atoms with Crippen LogP contribution in [0, 0.1) is 5.92 Å². The van der Waals surface area contributed by atoms with Gasteiger partial charge in [-0.2, -0.15) is 0 Å². The van der Waals surface area contributed by atoms with Crippen LogP contribution in [-0.2, 0) is 4.79 Å². The van der Waals surface area contributed by atoms with Gasteiger partial charge in [0.1, 0.15) is 6.10 Å². The van der Waals surface area contributed by atoms with Crippen molar-refractivity contribution in [1.29, 1.82) is 0 Å². The van der Waals surface area contributed by atoms with Crippen molar-refractivity contribution in [2.24, 2.45) is 5.92 Å². The van der Waals surface area contributed by atoms with Crippen LogP contribution in [0.2, 0.25) is 0 Å². The van der Waals surface area contributed by atoms with Gasteiger partial charge in [-0.25, -0.2) is 0 Å². The first-order valence-electron chi connectivity index (χ1n) is 9.04. The molecule has 1 aliphatic heterocycles. The van der Waals surface area contributed by atoms with Gasteiger partial charge in [-0.1, -0.05) is 18.2 Å². The largest absolute Gasteiger partial charge is 0.493 e. The summed E-state index contributed by atoms with van der Waals surface area (Å²) in [6, 6.07) is 5.62. The number of hydrogen-bond acceptors (Lipinski definition) is 4. The first-order valence-corrected chi connectivity index (χ1v) is 9.04. The Bertz CT molecular complexity index is 598. The number of para-hydroxylation sites is 1. The number of piperidine rings is 1. The average Bonchev–Trinajstić information content (AvgIpc) is 2.69. The second-order valence-corrected chi connectivity index (χ2v) is 6.62. The molecule has 136 valence electrons. The fourth-order valence-electron chi connectivity index (χ4n) is 3.57. The third kappa shape index (κ3) is 4.09. The fourth-order valence-corrected chi connectivity index (χ4v) is 3.57. The second kappa shape index (κ2) is 8.28. The number of methoxy groups -OCH3 is 2. The van der Waals surface area contributed by atoms with Gasteiger partial charge in [0, 0.05) is 31.8 Å². The molecule has 1 aliphatic carbocycles. The molecule has 1 amide bonds. The highest BCUT2D eigenvalue weighted by Gasteiger charge is 2.29. The Kier molecular flexibility index (Phi) is 5.84. The summed E-state index contributed by atoms with van der Waals surface area (Å²) in [4.78, 5) is 14.6. The third-order valence-electron chi connectivity index (χ3n) is 5.04. The molecule has 1 saturated heterocycles. The van der Waals surface area contributed by atoms with Crippen molar-refractivity contribution in [3.63, 3.8) is 0 Å². The van der Waals surface area contributed by atoms with Gasteiger partial charge in [-0.15, -0.1) is 0 Å². The summed E-state index contributed by atoms with van der Waals surface area (Å²) in [6.45, 7) is 1.50. The molecule has 0 spiro atoms. The zero-order valence-electron chi connectivity index (χ0n) is 15.1. The molecule has 25 heavy (non-hydrogen) atoms. The summed E-state index contributed by atoms with van der Waals surface area (Å²) in [5.41, 5.74) is 0. The molecule has 2 aliphatic rings. The van der Waals surface area contributed by atoms with E-state index >= 15 is 0 Å². The van der Waals surface area contributed by atoms with E-state index in [1.807, 2.05) is 23.1 Å². The summed E-state index contributed by atoms with van der Waals surface area (Å²) in [5.74, 6) is 2.46. The van der Waals surface area contributed by atoms with Crippen LogP contribution in [0.4, 0.5) is 0 Å². The number of allylic oxidation sites excluding steroid dienone is 2. The van der Waals surface area contributed by atoms with Gasteiger partial charge >= 0.3 is 0 Å². The van der Waals surface area contributed by atoms with Crippen molar-refractivity contribution in [2.45, 2.75) is 38.2 Å². The molecule has 1 atom stereocenters. The van der Waals surface area contributed by atoms with Gasteiger partial charge in [0.25, 0.3) is 0 Å². The molecule has 1 unspecified atom stereocenters. The smallest absolute Gasteiger partial charge is 0.226 e. The van der Waals surface area contributed by atoms with E-state index in [4.69, 9.17) is 14.2 Å². The second-order valence-electron chi connectivity index (χ2n) is 6.62. The van der Waals surface area contributed by atoms with E-state index in [-0.39, 0.29) is 12.0 Å². The fraction of sp³-hybridized carbons (Fsp3) is 0.550. The van der Waals surface area contributed by atoms with Crippen LogP contribution in [0.25, 0.3) is 0 Å². The lowest BCUT2D eigenvalue weighted by molar-refractivity contribution is -0.137. The summed E-state index contributed by atoms with van der Waals surface area (Å²) >= 11 is 0. The number of carbonyl (C=O) groups is 1. The first kappa shape index (κ1) is 17.6. The van der Waals surface area contributed by atoms with Crippen molar-refractivity contribution >= 4 is 5.91 Å². The van der Waals surface area contributed by atoms with E-state index in [0.717, 1.165) is 45.2 Å². The predicted octanol–water partition coefficient (Wildman–Crippen LogP) is 3.43. The summed E-state index contributed by atoms with van der Waals surface area (Å²) in [7, 11) is 3.25. The quantitative estimate of drug-likeness (QED) is 0.767. The minimum Gasteiger partial charge on any atom is -0.493 e. The Morgan fingerprint density at radius 2 is 1.72 bits per heavy atom. The van der Waals surface area contributed by atoms with Crippen LogP contribution < -0.4 is 14.2 Å². The maximum Gasteiger partial charge on any atom is 0.226 e. The molecule has 0 aromatic heterocycles. The zero-order chi connectivity index (χ0) is 17.6. The number of hydrogen-bond donors (Lipinski definition) is 0. The minimum absolute atomic E-state index is 0.0699. The highest BCUT2D eigenvalue weighted by molar-refractivity contribution is 5.79. The number of benzene rings is 1. The van der Waals surface area contributed by atoms with Crippen molar-refractivity contribution in [2.75, 3.05) is 27.3 Å². The molecule has 1 heterocycles. The molecule has 5 heteroatoms. The average molecular weight is 345 g/mol. The van der Waals surface area contributed by atoms with Gasteiger partial charge in [-0.05, 0) is 31.4 Å². The van der Waals surface area contributed by atoms with E-state index in [9.17, 15) is 4.79 Å². The molecule has 1 aromatic rings. The number of rotatable bonds is 5. The van der Waals surface area contributed by atoms with E-state index in [2.05, 4.69) is 12.2 Å². The Morgan fingerprint density at radius 3 is 2.28 bits per heavy atom. The zero-order valence-corrected chi connectivity index (χ0v) is 15.1. The number of carbonyl (C=O) groups excluding carboxylic acids is 1. The lowest BCUT2D eigenvalue weighted by Crippen LogP contribution is -2.44. The maximum atomic E-state index is 12.6. The third-order valence-corrected chi connectivity index (χ3v) is 5.04. The number of ether oxygens (including phenoxy) is 3. The van der Waals surface area contributed by atoms with Gasteiger partial charge < -0.3 is 19.1 Å². The topological polar surface area (TPSA) is 48.0 Å². The Balaban J connectivity index is 1.58. The van der Waals surface area contributed by atoms with Crippen LogP contribution in [0.3, 0.4) is 0 Å². The highest BCUT2D eigenvalue weighted by atomic mass is 16.5. The molecule has 0 N–H and O–H groups in total. The highest BCUT2D eigenvalue weighted by Crippen LogP contribution is 2.38. The molecule has 1 fully saturated rings. The van der Waals surface area contributed by atoms with Gasteiger partial charge in [0.2, 0.25) is 11.7 Å². The first-order chi connectivity index (χ1) is 12.2. The Labute approximate surface area is 149 Å². The molecule has 3 rings (SSSR count). The van der Waals surface area contributed by atoms with Crippen molar-refractivity contribution in [3.05, 3.63) is 30.4 Å². The number of nitrogens with zero attached hydrogens (tertiary/aromatic N) is 1. The summed E-state index contributed by atoms with van der Waals surface area (Å²) in [5, 5.41) is 0. The predicted molar refractivity (Wildman–Crippen MR) is 96.3 cm³/mol. The van der Waals surface area contributed by atoms with E-state index in [1.165, 1.54) is 0 Å². The van der Waals surface area contributed by atoms with E-state index in [1.54, 1.807) is 14.2 Å². The van der Waals surface area contributed by atoms with Gasteiger partial charge in [0.15, 0.2) is 11.5 Å². The molecular weight excluding hydrogens is 318 g/mol. The van der Waals surface area contributed by atoms with Crippen LogP contribution in [0.5, 0.6) is 17.2 Å². The molecule has 0 radical (unpaired) electrons. The Morgan fingerprint density at radius 1 is 1.04 bits per heavy atom. The minimum atomic E-state index is 0.0699. The molecule has 0 bridgehead atoms. The van der Waals surface area contributed by atoms with E-state index in [0.29, 0.717) is 23.2 Å². The normalized spacial score (nSPS) is 21.0. The Hall–Kier alpha value is -2.17. The molecule has 5 nitrogen and oxygen atoms in total. The van der Waals surface area contributed by atoms with Gasteiger partial charge in [-0.3, -0.25) is 4.79 Å². The van der Waals surface area contributed by atoms with E-state index < -0.39 is 0 Å². The van der Waals surface area contributed by atoms with Crippen molar-refractivity contribution in [1.82, 2.24) is 4.90 Å². The van der Waals surface area contributed by atoms with Crippen LogP contribution >= 0.6 is 0 Å². The molecule has 0 saturated carbocycles. The standard InChI is InChI=1S/C20H27NO4/c1-23-17-9-6-10-18(24-2)19(17)25-16-11-13-21(14-12-16)20(22)15-7-4-3-5-8-15/h3-4,6,9-10,15-16H,5,7-8,11-14H2,1-2H3. The summed E-state index contributed by atoms with van der Waals surface area (Å²) < 4.78 is 17.0. The van der Waals surface area contributed by atoms with Crippen LogP contribution in [-0.4, -0.2) is 44.2 Å². The summed E-state index contributed by atoms with van der Waals surface area (Å²) in [6.07, 6.45) is 8.91. The van der Waals surface area contributed by atoms with Crippen molar-refractivity contribution in [3.8, 4) is 17.2 Å². The van der Waals surface area contributed by atoms with Crippen LogP contribution in [0.15, 0.2) is 30.4 Å². The molecule has 1 aromatic carbocycles. The lowest BCUT2D eigenvalue weighted by Gasteiger charge is -2.35. The maximum absolute atomic E-state index is 12.6. The molecular formula is C20H27NO4. The monoisotopic (exact) mass is 345 g/mol. The van der Waals surface area contributed by atoms with Crippen molar-refractivity contribution < 1.29 is 19.0 Å². The number of likely N-dealkylation sites (tertiary alicyclic amines) is 1. The van der Waals surface area contributed by atoms with Crippen LogP contribution in [0.1, 0.15) is 32.1 Å².